The Hall–Kier alpha value is -3.30. The monoisotopic (exact) mass is 466 g/mol. The molecule has 3 aromatic rings. The number of aldehydes is 1. The maximum atomic E-state index is 12.3. The molecule has 4 rings (SSSR count). The Balaban J connectivity index is 1.09. The van der Waals surface area contributed by atoms with Crippen molar-refractivity contribution < 1.29 is 23.8 Å². The van der Waals surface area contributed by atoms with Crippen molar-refractivity contribution in [1.29, 1.82) is 0 Å². The van der Waals surface area contributed by atoms with Crippen LogP contribution in [0.4, 0.5) is 4.79 Å². The molecule has 1 fully saturated rings. The van der Waals surface area contributed by atoms with E-state index in [-0.39, 0.29) is 18.8 Å². The Kier molecular flexibility index (Phi) is 8.21. The van der Waals surface area contributed by atoms with Gasteiger partial charge in [-0.3, -0.25) is 4.79 Å². The molecule has 9 nitrogen and oxygen atoms in total. The van der Waals surface area contributed by atoms with E-state index in [4.69, 9.17) is 14.2 Å². The lowest BCUT2D eigenvalue weighted by atomic mass is 10.1. The van der Waals surface area contributed by atoms with Crippen LogP contribution in [0.2, 0.25) is 0 Å². The van der Waals surface area contributed by atoms with Crippen molar-refractivity contribution >= 4 is 23.4 Å². The molecule has 1 aliphatic rings. The fourth-order valence-electron chi connectivity index (χ4n) is 4.02. The van der Waals surface area contributed by atoms with Crippen LogP contribution in [0, 0.1) is 6.92 Å². The van der Waals surface area contributed by atoms with E-state index in [0.29, 0.717) is 45.0 Å². The van der Waals surface area contributed by atoms with Crippen LogP contribution in [0.5, 0.6) is 0 Å². The summed E-state index contributed by atoms with van der Waals surface area (Å²) in [5.41, 5.74) is 4.07. The number of benzene rings is 2. The zero-order valence-electron chi connectivity index (χ0n) is 19.4. The summed E-state index contributed by atoms with van der Waals surface area (Å²) in [6, 6.07) is 13.3. The largest absolute Gasteiger partial charge is 0.445 e. The van der Waals surface area contributed by atoms with Gasteiger partial charge in [-0.05, 0) is 43.0 Å². The van der Waals surface area contributed by atoms with Gasteiger partial charge in [-0.25, -0.2) is 9.48 Å². The van der Waals surface area contributed by atoms with E-state index in [1.54, 1.807) is 15.6 Å². The van der Waals surface area contributed by atoms with Gasteiger partial charge in [0, 0.05) is 18.7 Å². The zero-order valence-corrected chi connectivity index (χ0v) is 19.4. The first-order chi connectivity index (χ1) is 16.7. The Morgan fingerprint density at radius 2 is 1.88 bits per heavy atom. The number of rotatable bonds is 10. The van der Waals surface area contributed by atoms with Gasteiger partial charge < -0.3 is 19.1 Å². The number of aromatic nitrogens is 3. The molecule has 0 atom stereocenters. The van der Waals surface area contributed by atoms with Crippen molar-refractivity contribution in [1.82, 2.24) is 19.9 Å². The molecule has 2 heterocycles. The number of hydrogen-bond donors (Lipinski definition) is 0. The number of fused-ring (bicyclic) bond motifs is 1. The molecule has 9 heteroatoms. The van der Waals surface area contributed by atoms with Crippen molar-refractivity contribution in [3.05, 3.63) is 59.2 Å². The molecular formula is C25H30N4O5. The van der Waals surface area contributed by atoms with E-state index >= 15 is 0 Å². The summed E-state index contributed by atoms with van der Waals surface area (Å²) >= 11 is 0. The third-order valence-electron chi connectivity index (χ3n) is 6.04. The first-order valence-electron chi connectivity index (χ1n) is 11.6. The first kappa shape index (κ1) is 23.8. The highest BCUT2D eigenvalue weighted by Gasteiger charge is 2.24. The van der Waals surface area contributed by atoms with Crippen LogP contribution in [-0.2, 0) is 27.4 Å². The molecule has 0 bridgehead atoms. The minimum Gasteiger partial charge on any atom is -0.445 e. The second kappa shape index (κ2) is 11.7. The summed E-state index contributed by atoms with van der Waals surface area (Å²) in [5.74, 6) is 0. The summed E-state index contributed by atoms with van der Waals surface area (Å²) in [6.07, 6.45) is 2.25. The van der Waals surface area contributed by atoms with Crippen molar-refractivity contribution in [2.75, 3.05) is 32.9 Å². The van der Waals surface area contributed by atoms with Gasteiger partial charge in [-0.2, -0.15) is 0 Å². The lowest BCUT2D eigenvalue weighted by Crippen LogP contribution is -2.41. The van der Waals surface area contributed by atoms with E-state index < -0.39 is 0 Å². The standard InChI is InChI=1S/C25H30N4O5/c1-19-21(17-30)7-8-23-24(19)26-27-29(23)13-14-32-15-16-33-22-9-11-28(12-10-22)25(31)34-18-20-5-3-2-4-6-20/h2-8,17,22H,9-16,18H2,1H3. The predicted octanol–water partition coefficient (Wildman–Crippen LogP) is 3.39. The smallest absolute Gasteiger partial charge is 0.410 e. The summed E-state index contributed by atoms with van der Waals surface area (Å²) in [5, 5.41) is 8.36. The van der Waals surface area contributed by atoms with E-state index in [1.807, 2.05) is 43.3 Å². The molecule has 180 valence electrons. The molecule has 0 spiro atoms. The highest BCUT2D eigenvalue weighted by molar-refractivity contribution is 5.88. The second-order valence-electron chi connectivity index (χ2n) is 8.29. The van der Waals surface area contributed by atoms with Gasteiger partial charge in [0.05, 0.1) is 38.0 Å². The molecule has 1 amide bonds. The summed E-state index contributed by atoms with van der Waals surface area (Å²) in [6.45, 7) is 5.47. The fraction of sp³-hybridized carbons (Fsp3) is 0.440. The highest BCUT2D eigenvalue weighted by atomic mass is 16.6. The molecule has 0 N–H and O–H groups in total. The van der Waals surface area contributed by atoms with Gasteiger partial charge in [-0.1, -0.05) is 35.5 Å². The summed E-state index contributed by atoms with van der Waals surface area (Å²) in [4.78, 5) is 25.1. The first-order valence-corrected chi connectivity index (χ1v) is 11.6. The Morgan fingerprint density at radius 3 is 2.65 bits per heavy atom. The van der Waals surface area contributed by atoms with Crippen LogP contribution in [-0.4, -0.2) is 71.3 Å². The lowest BCUT2D eigenvalue weighted by molar-refractivity contribution is -0.0234. The number of ether oxygens (including phenoxy) is 3. The third kappa shape index (κ3) is 5.98. The molecule has 0 aliphatic carbocycles. The fourth-order valence-corrected chi connectivity index (χ4v) is 4.02. The predicted molar refractivity (Wildman–Crippen MR) is 126 cm³/mol. The average Bonchev–Trinajstić information content (AvgIpc) is 3.29. The number of likely N-dealkylation sites (tertiary alicyclic amines) is 1. The van der Waals surface area contributed by atoms with Gasteiger partial charge in [0.15, 0.2) is 0 Å². The highest BCUT2D eigenvalue weighted by Crippen LogP contribution is 2.18. The molecular weight excluding hydrogens is 436 g/mol. The zero-order chi connectivity index (χ0) is 23.8. The molecule has 2 aromatic carbocycles. The molecule has 1 aliphatic heterocycles. The molecule has 0 saturated carbocycles. The van der Waals surface area contributed by atoms with Crippen LogP contribution in [0.15, 0.2) is 42.5 Å². The molecule has 34 heavy (non-hydrogen) atoms. The van der Waals surface area contributed by atoms with Crippen LogP contribution in [0.1, 0.15) is 34.3 Å². The average molecular weight is 467 g/mol. The summed E-state index contributed by atoms with van der Waals surface area (Å²) < 4.78 is 18.8. The Labute approximate surface area is 198 Å². The maximum absolute atomic E-state index is 12.3. The van der Waals surface area contributed by atoms with Crippen molar-refractivity contribution in [2.45, 2.75) is 39.0 Å². The number of hydrogen-bond acceptors (Lipinski definition) is 7. The van der Waals surface area contributed by atoms with Gasteiger partial charge >= 0.3 is 6.09 Å². The number of aryl methyl sites for hydroxylation is 1. The molecule has 0 radical (unpaired) electrons. The van der Waals surface area contributed by atoms with E-state index in [9.17, 15) is 9.59 Å². The second-order valence-corrected chi connectivity index (χ2v) is 8.29. The van der Waals surface area contributed by atoms with Gasteiger partial charge in [-0.15, -0.1) is 5.10 Å². The van der Waals surface area contributed by atoms with Crippen LogP contribution in [0.3, 0.4) is 0 Å². The van der Waals surface area contributed by atoms with Crippen LogP contribution < -0.4 is 0 Å². The Morgan fingerprint density at radius 1 is 1.09 bits per heavy atom. The van der Waals surface area contributed by atoms with E-state index in [1.165, 1.54) is 0 Å². The number of carbonyl (C=O) groups excluding carboxylic acids is 2. The number of carbonyl (C=O) groups is 2. The van der Waals surface area contributed by atoms with Crippen molar-refractivity contribution in [3.63, 3.8) is 0 Å². The maximum Gasteiger partial charge on any atom is 0.410 e. The molecule has 0 unspecified atom stereocenters. The number of nitrogens with zero attached hydrogens (tertiary/aromatic N) is 4. The minimum absolute atomic E-state index is 0.121. The van der Waals surface area contributed by atoms with Crippen molar-refractivity contribution in [2.24, 2.45) is 0 Å². The lowest BCUT2D eigenvalue weighted by Gasteiger charge is -2.31. The van der Waals surface area contributed by atoms with Gasteiger partial charge in [0.1, 0.15) is 18.4 Å². The molecule has 1 aromatic heterocycles. The normalized spacial score (nSPS) is 14.4. The van der Waals surface area contributed by atoms with Gasteiger partial charge in [0.2, 0.25) is 0 Å². The summed E-state index contributed by atoms with van der Waals surface area (Å²) in [7, 11) is 0. The van der Waals surface area contributed by atoms with Crippen molar-refractivity contribution in [3.8, 4) is 0 Å². The van der Waals surface area contributed by atoms with Crippen LogP contribution in [0.25, 0.3) is 11.0 Å². The van der Waals surface area contributed by atoms with Gasteiger partial charge in [0.25, 0.3) is 0 Å². The topological polar surface area (TPSA) is 95.8 Å². The Bertz CT molecular complexity index is 1090. The minimum atomic E-state index is -0.274. The molecule has 1 saturated heterocycles. The van der Waals surface area contributed by atoms with Crippen LogP contribution >= 0.6 is 0 Å². The third-order valence-corrected chi connectivity index (χ3v) is 6.04. The van der Waals surface area contributed by atoms with E-state index in [2.05, 4.69) is 10.3 Å². The SMILES string of the molecule is Cc1c(C=O)ccc2c1nnn2CCOCCOC1CCN(C(=O)OCc2ccccc2)CC1. The number of amides is 1. The quantitative estimate of drug-likeness (QED) is 0.334. The van der Waals surface area contributed by atoms with E-state index in [0.717, 1.165) is 41.3 Å². The number of piperidine rings is 1.